The van der Waals surface area contributed by atoms with Gasteiger partial charge in [-0.25, -0.2) is 4.79 Å². The molecule has 2 N–H and O–H groups in total. The first-order chi connectivity index (χ1) is 13.0. The number of amides is 4. The minimum absolute atomic E-state index is 0.249. The first-order valence-electron chi connectivity index (χ1n) is 10.00. The number of nitrogens with zero attached hydrogens (tertiary/aromatic N) is 1. The molecule has 1 unspecified atom stereocenters. The van der Waals surface area contributed by atoms with E-state index in [2.05, 4.69) is 24.5 Å². The first-order valence-corrected chi connectivity index (χ1v) is 10.00. The van der Waals surface area contributed by atoms with E-state index in [1.807, 2.05) is 24.3 Å². The summed E-state index contributed by atoms with van der Waals surface area (Å²) in [6.07, 6.45) is 6.29. The molecule has 4 amide bonds. The molecule has 146 valence electrons. The topological polar surface area (TPSA) is 78.5 Å². The minimum Gasteiger partial charge on any atom is -0.324 e. The van der Waals surface area contributed by atoms with Gasteiger partial charge in [0.2, 0.25) is 5.91 Å². The SMILES string of the molecule is CCC(C)c1ccccc1NC(=O)CN1C(=O)NC2(CCCCCC2)C1=O. The van der Waals surface area contributed by atoms with Gasteiger partial charge in [-0.2, -0.15) is 0 Å². The highest BCUT2D eigenvalue weighted by molar-refractivity contribution is 6.10. The highest BCUT2D eigenvalue weighted by Crippen LogP contribution is 2.33. The monoisotopic (exact) mass is 371 g/mol. The number of carbonyl (C=O) groups excluding carboxylic acids is 3. The maximum Gasteiger partial charge on any atom is 0.325 e. The molecule has 27 heavy (non-hydrogen) atoms. The maximum atomic E-state index is 12.9. The highest BCUT2D eigenvalue weighted by atomic mass is 16.2. The van der Waals surface area contributed by atoms with E-state index in [4.69, 9.17) is 0 Å². The Bertz CT molecular complexity index is 723. The lowest BCUT2D eigenvalue weighted by molar-refractivity contribution is -0.134. The number of nitrogens with one attached hydrogen (secondary N) is 2. The molecule has 1 aliphatic carbocycles. The Morgan fingerprint density at radius 3 is 2.52 bits per heavy atom. The van der Waals surface area contributed by atoms with Crippen LogP contribution in [0.2, 0.25) is 0 Å². The average Bonchev–Trinajstić information content (AvgIpc) is 2.83. The summed E-state index contributed by atoms with van der Waals surface area (Å²) in [5.41, 5.74) is 1.00. The van der Waals surface area contributed by atoms with Gasteiger partial charge in [0.15, 0.2) is 0 Å². The molecule has 1 heterocycles. The van der Waals surface area contributed by atoms with Crippen molar-refractivity contribution in [3.63, 3.8) is 0 Å². The van der Waals surface area contributed by atoms with Crippen molar-refractivity contribution in [3.8, 4) is 0 Å². The van der Waals surface area contributed by atoms with Gasteiger partial charge in [0.25, 0.3) is 5.91 Å². The summed E-state index contributed by atoms with van der Waals surface area (Å²) in [6.45, 7) is 3.96. The molecule has 2 fully saturated rings. The van der Waals surface area contributed by atoms with Crippen molar-refractivity contribution in [1.82, 2.24) is 10.2 Å². The van der Waals surface area contributed by atoms with Crippen molar-refractivity contribution < 1.29 is 14.4 Å². The summed E-state index contributed by atoms with van der Waals surface area (Å²) >= 11 is 0. The van der Waals surface area contributed by atoms with Crippen LogP contribution in [0.15, 0.2) is 24.3 Å². The van der Waals surface area contributed by atoms with E-state index in [0.29, 0.717) is 18.8 Å². The van der Waals surface area contributed by atoms with Crippen LogP contribution in [0.3, 0.4) is 0 Å². The smallest absolute Gasteiger partial charge is 0.324 e. The van der Waals surface area contributed by atoms with E-state index >= 15 is 0 Å². The Labute approximate surface area is 160 Å². The van der Waals surface area contributed by atoms with Crippen molar-refractivity contribution in [1.29, 1.82) is 0 Å². The van der Waals surface area contributed by atoms with Crippen LogP contribution in [0, 0.1) is 0 Å². The molecule has 0 radical (unpaired) electrons. The lowest BCUT2D eigenvalue weighted by atomic mass is 9.90. The number of carbonyl (C=O) groups is 3. The molecule has 0 aromatic heterocycles. The van der Waals surface area contributed by atoms with E-state index in [1.165, 1.54) is 0 Å². The van der Waals surface area contributed by atoms with Crippen LogP contribution in [0.5, 0.6) is 0 Å². The zero-order valence-corrected chi connectivity index (χ0v) is 16.2. The van der Waals surface area contributed by atoms with Crippen LogP contribution >= 0.6 is 0 Å². The second-order valence-electron chi connectivity index (χ2n) is 7.76. The summed E-state index contributed by atoms with van der Waals surface area (Å²) in [5.74, 6) is -0.285. The highest BCUT2D eigenvalue weighted by Gasteiger charge is 2.51. The quantitative estimate of drug-likeness (QED) is 0.773. The predicted molar refractivity (Wildman–Crippen MR) is 104 cm³/mol. The van der Waals surface area contributed by atoms with E-state index < -0.39 is 11.6 Å². The third-order valence-corrected chi connectivity index (χ3v) is 5.88. The Balaban J connectivity index is 1.70. The average molecular weight is 371 g/mol. The Morgan fingerprint density at radius 2 is 1.85 bits per heavy atom. The molecule has 3 rings (SSSR count). The fourth-order valence-corrected chi connectivity index (χ4v) is 4.08. The molecule has 1 aliphatic heterocycles. The number of para-hydroxylation sites is 1. The summed E-state index contributed by atoms with van der Waals surface area (Å²) < 4.78 is 0. The number of rotatable bonds is 5. The molecular weight excluding hydrogens is 342 g/mol. The normalized spacial score (nSPS) is 20.3. The number of benzene rings is 1. The summed E-state index contributed by atoms with van der Waals surface area (Å²) in [6, 6.07) is 7.23. The maximum absolute atomic E-state index is 12.9. The van der Waals surface area contributed by atoms with Gasteiger partial charge >= 0.3 is 6.03 Å². The van der Waals surface area contributed by atoms with Crippen molar-refractivity contribution in [2.75, 3.05) is 11.9 Å². The Morgan fingerprint density at radius 1 is 1.19 bits per heavy atom. The molecule has 1 spiro atoms. The summed E-state index contributed by atoms with van der Waals surface area (Å²) in [4.78, 5) is 39.0. The second kappa shape index (κ2) is 8.11. The molecule has 6 heteroatoms. The van der Waals surface area contributed by atoms with Crippen LogP contribution < -0.4 is 10.6 Å². The van der Waals surface area contributed by atoms with Gasteiger partial charge in [0.05, 0.1) is 0 Å². The van der Waals surface area contributed by atoms with Crippen LogP contribution in [-0.2, 0) is 9.59 Å². The van der Waals surface area contributed by atoms with Gasteiger partial charge in [-0.05, 0) is 36.8 Å². The Kier molecular flexibility index (Phi) is 5.82. The molecule has 2 aliphatic rings. The van der Waals surface area contributed by atoms with Gasteiger partial charge in [-0.1, -0.05) is 57.7 Å². The van der Waals surface area contributed by atoms with E-state index in [9.17, 15) is 14.4 Å². The van der Waals surface area contributed by atoms with Gasteiger partial charge in [-0.3, -0.25) is 14.5 Å². The summed E-state index contributed by atoms with van der Waals surface area (Å²) in [7, 11) is 0. The fourth-order valence-electron chi connectivity index (χ4n) is 4.08. The lowest BCUT2D eigenvalue weighted by Gasteiger charge is -2.24. The number of urea groups is 1. The van der Waals surface area contributed by atoms with Gasteiger partial charge < -0.3 is 10.6 Å². The van der Waals surface area contributed by atoms with Gasteiger partial charge in [0, 0.05) is 5.69 Å². The van der Waals surface area contributed by atoms with Gasteiger partial charge in [0.1, 0.15) is 12.1 Å². The number of imide groups is 1. The third-order valence-electron chi connectivity index (χ3n) is 5.88. The molecule has 1 aromatic carbocycles. The molecule has 1 saturated carbocycles. The molecule has 1 aromatic rings. The molecular formula is C21H29N3O3. The molecule has 0 bridgehead atoms. The van der Waals surface area contributed by atoms with Crippen molar-refractivity contribution in [3.05, 3.63) is 29.8 Å². The lowest BCUT2D eigenvalue weighted by Crippen LogP contribution is -2.47. The van der Waals surface area contributed by atoms with Gasteiger partial charge in [-0.15, -0.1) is 0 Å². The van der Waals surface area contributed by atoms with E-state index in [-0.39, 0.29) is 18.4 Å². The van der Waals surface area contributed by atoms with Crippen molar-refractivity contribution in [2.45, 2.75) is 70.3 Å². The first kappa shape index (κ1) is 19.4. The number of hydrogen-bond acceptors (Lipinski definition) is 3. The third kappa shape index (κ3) is 3.99. The number of hydrogen-bond donors (Lipinski definition) is 2. The Hall–Kier alpha value is -2.37. The molecule has 1 atom stereocenters. The number of anilines is 1. The summed E-state index contributed by atoms with van der Waals surface area (Å²) in [5, 5.41) is 5.76. The second-order valence-corrected chi connectivity index (χ2v) is 7.76. The fraction of sp³-hybridized carbons (Fsp3) is 0.571. The predicted octanol–water partition coefficient (Wildman–Crippen LogP) is 3.78. The zero-order chi connectivity index (χ0) is 19.4. The van der Waals surface area contributed by atoms with Crippen LogP contribution in [-0.4, -0.2) is 34.8 Å². The minimum atomic E-state index is -0.803. The van der Waals surface area contributed by atoms with Crippen LogP contribution in [0.4, 0.5) is 10.5 Å². The van der Waals surface area contributed by atoms with Crippen molar-refractivity contribution >= 4 is 23.5 Å². The van der Waals surface area contributed by atoms with E-state index in [1.54, 1.807) is 0 Å². The van der Waals surface area contributed by atoms with Crippen LogP contribution in [0.25, 0.3) is 0 Å². The standard InChI is InChI=1S/C21H29N3O3/c1-3-15(2)16-10-6-7-11-17(16)22-18(25)14-24-19(26)21(23-20(24)27)12-8-4-5-9-13-21/h6-7,10-11,15H,3-5,8-9,12-14H2,1-2H3,(H,22,25)(H,23,27). The largest absolute Gasteiger partial charge is 0.325 e. The zero-order valence-electron chi connectivity index (χ0n) is 16.2. The molecule has 1 saturated heterocycles. The van der Waals surface area contributed by atoms with Crippen LogP contribution in [0.1, 0.15) is 70.3 Å². The molecule has 6 nitrogen and oxygen atoms in total. The van der Waals surface area contributed by atoms with E-state index in [0.717, 1.165) is 48.3 Å². The van der Waals surface area contributed by atoms with Crippen molar-refractivity contribution in [2.24, 2.45) is 0 Å².